The first-order valence-electron chi connectivity index (χ1n) is 8.34. The van der Waals surface area contributed by atoms with Crippen LogP contribution >= 0.6 is 8.46 Å². The van der Waals surface area contributed by atoms with E-state index in [-0.39, 0.29) is 14.4 Å². The van der Waals surface area contributed by atoms with Crippen molar-refractivity contribution in [2.24, 2.45) is 0 Å². The second-order valence-electron chi connectivity index (χ2n) is 6.16. The summed E-state index contributed by atoms with van der Waals surface area (Å²) in [5.74, 6) is -0.136. The van der Waals surface area contributed by atoms with Crippen molar-refractivity contribution in [3.63, 3.8) is 0 Å². The molecule has 0 spiro atoms. The largest absolute Gasteiger partial charge is 0.326 e. The molecule has 1 amide bonds. The third-order valence-electron chi connectivity index (χ3n) is 4.50. The quantitative estimate of drug-likeness (QED) is 0.490. The van der Waals surface area contributed by atoms with Crippen LogP contribution in [-0.4, -0.2) is 5.91 Å². The van der Waals surface area contributed by atoms with Crippen LogP contribution < -0.4 is 10.6 Å². The van der Waals surface area contributed by atoms with E-state index >= 15 is 0 Å². The Morgan fingerprint density at radius 1 is 0.769 bits per heavy atom. The van der Waals surface area contributed by atoms with E-state index < -0.39 is 0 Å². The summed E-state index contributed by atoms with van der Waals surface area (Å²) in [7, 11) is -0.0515. The van der Waals surface area contributed by atoms with Gasteiger partial charge in [0.1, 0.15) is 0 Å². The lowest BCUT2D eigenvalue weighted by atomic mass is 9.92. The molecule has 4 aromatic carbocycles. The zero-order valence-corrected chi connectivity index (χ0v) is 15.1. The lowest BCUT2D eigenvalue weighted by molar-refractivity contribution is -0.114. The lowest BCUT2D eigenvalue weighted by Crippen LogP contribution is -2.09. The van der Waals surface area contributed by atoms with Gasteiger partial charge in [-0.15, -0.1) is 0 Å². The van der Waals surface area contributed by atoms with Gasteiger partial charge in [-0.05, 0) is 33.7 Å². The molecule has 0 atom stereocenters. The maximum Gasteiger partial charge on any atom is 0.221 e. The van der Waals surface area contributed by atoms with Crippen molar-refractivity contribution < 1.29 is 9.36 Å². The Hall–Kier alpha value is -3.03. The Morgan fingerprint density at radius 2 is 1.35 bits per heavy atom. The molecule has 0 saturated heterocycles. The van der Waals surface area contributed by atoms with Crippen LogP contribution in [0.15, 0.2) is 72.8 Å². The fourth-order valence-corrected chi connectivity index (χ4v) is 3.89. The van der Waals surface area contributed by atoms with Crippen LogP contribution in [-0.2, 0) is 9.36 Å². The predicted molar refractivity (Wildman–Crippen MR) is 108 cm³/mol. The highest BCUT2D eigenvalue weighted by Crippen LogP contribution is 2.39. The SMILES string of the molecule is CC(=O)Nc1ccc2ccccc2c1-c1c(P=O)ccc2ccccc12. The van der Waals surface area contributed by atoms with Gasteiger partial charge < -0.3 is 5.32 Å². The number of hydrogen-bond acceptors (Lipinski definition) is 2. The first kappa shape index (κ1) is 16.4. The van der Waals surface area contributed by atoms with E-state index in [9.17, 15) is 9.36 Å². The molecule has 0 fully saturated rings. The highest BCUT2D eigenvalue weighted by atomic mass is 31.1. The highest BCUT2D eigenvalue weighted by Gasteiger charge is 2.17. The maximum atomic E-state index is 11.9. The van der Waals surface area contributed by atoms with Crippen LogP contribution in [0.2, 0.25) is 0 Å². The van der Waals surface area contributed by atoms with Crippen LogP contribution in [0, 0.1) is 0 Å². The van der Waals surface area contributed by atoms with E-state index in [1.54, 1.807) is 0 Å². The van der Waals surface area contributed by atoms with Gasteiger partial charge in [0.2, 0.25) is 5.91 Å². The molecule has 0 aliphatic rings. The number of rotatable bonds is 3. The minimum Gasteiger partial charge on any atom is -0.326 e. The summed E-state index contributed by atoms with van der Waals surface area (Å²) >= 11 is 0. The Kier molecular flexibility index (Phi) is 4.24. The van der Waals surface area contributed by atoms with E-state index in [0.29, 0.717) is 5.30 Å². The molecule has 0 aliphatic carbocycles. The number of anilines is 1. The van der Waals surface area contributed by atoms with Gasteiger partial charge in [-0.3, -0.25) is 9.36 Å². The molecule has 126 valence electrons. The molecule has 0 bridgehead atoms. The molecule has 0 radical (unpaired) electrons. The smallest absolute Gasteiger partial charge is 0.221 e. The normalized spacial score (nSPS) is 11.1. The van der Waals surface area contributed by atoms with Crippen molar-refractivity contribution in [2.45, 2.75) is 6.92 Å². The first-order valence-corrected chi connectivity index (χ1v) is 9.15. The van der Waals surface area contributed by atoms with Crippen LogP contribution in [0.4, 0.5) is 5.69 Å². The number of benzene rings is 4. The van der Waals surface area contributed by atoms with Gasteiger partial charge >= 0.3 is 0 Å². The monoisotopic (exact) mass is 357 g/mol. The van der Waals surface area contributed by atoms with Crippen LogP contribution in [0.1, 0.15) is 6.92 Å². The number of fused-ring (bicyclic) bond motifs is 2. The van der Waals surface area contributed by atoms with E-state index in [2.05, 4.69) is 5.32 Å². The minimum atomic E-state index is -0.136. The van der Waals surface area contributed by atoms with Crippen LogP contribution in [0.3, 0.4) is 0 Å². The molecule has 3 nitrogen and oxygen atoms in total. The van der Waals surface area contributed by atoms with Gasteiger partial charge in [-0.25, -0.2) is 0 Å². The van der Waals surface area contributed by atoms with E-state index in [1.807, 2.05) is 72.8 Å². The number of nitrogens with one attached hydrogen (secondary N) is 1. The molecule has 1 N–H and O–H groups in total. The zero-order valence-electron chi connectivity index (χ0n) is 14.2. The summed E-state index contributed by atoms with van der Waals surface area (Å²) in [5, 5.41) is 7.79. The number of hydrogen-bond donors (Lipinski definition) is 1. The van der Waals surface area contributed by atoms with Crippen LogP contribution in [0.25, 0.3) is 32.7 Å². The van der Waals surface area contributed by atoms with Gasteiger partial charge in [0.05, 0.1) is 5.30 Å². The summed E-state index contributed by atoms with van der Waals surface area (Å²) < 4.78 is 11.9. The third kappa shape index (κ3) is 2.77. The third-order valence-corrected chi connectivity index (χ3v) is 5.06. The molecule has 26 heavy (non-hydrogen) atoms. The zero-order chi connectivity index (χ0) is 18.1. The predicted octanol–water partition coefficient (Wildman–Crippen LogP) is 5.54. The van der Waals surface area contributed by atoms with Gasteiger partial charge in [0.15, 0.2) is 8.46 Å². The standard InChI is InChI=1S/C22H16NO2P/c1-14(24)23-19-12-10-15-6-2-4-8-17(15)21(19)22-18-9-5-3-7-16(18)11-13-20(22)26-25/h2-13H,1H3,(H,23,24). The average molecular weight is 357 g/mol. The van der Waals surface area contributed by atoms with E-state index in [4.69, 9.17) is 0 Å². The molecule has 0 aromatic heterocycles. The van der Waals surface area contributed by atoms with Gasteiger partial charge in [-0.1, -0.05) is 60.7 Å². The number of carbonyl (C=O) groups excluding carboxylic acids is 1. The molecular weight excluding hydrogens is 341 g/mol. The van der Waals surface area contributed by atoms with Gasteiger partial charge in [0.25, 0.3) is 0 Å². The van der Waals surface area contributed by atoms with Crippen molar-refractivity contribution >= 4 is 46.9 Å². The van der Waals surface area contributed by atoms with Crippen molar-refractivity contribution in [2.75, 3.05) is 5.32 Å². The second-order valence-corrected chi connectivity index (χ2v) is 6.83. The summed E-state index contributed by atoms with van der Waals surface area (Å²) in [6.45, 7) is 1.49. The molecule has 4 rings (SSSR count). The highest BCUT2D eigenvalue weighted by molar-refractivity contribution is 7.34. The van der Waals surface area contributed by atoms with E-state index in [0.717, 1.165) is 38.4 Å². The Bertz CT molecular complexity index is 1170. The lowest BCUT2D eigenvalue weighted by Gasteiger charge is -2.17. The molecule has 0 heterocycles. The summed E-state index contributed by atoms with van der Waals surface area (Å²) in [6.07, 6.45) is 0. The molecule has 4 aromatic rings. The van der Waals surface area contributed by atoms with Crippen LogP contribution in [0.5, 0.6) is 0 Å². The second kappa shape index (κ2) is 6.70. The van der Waals surface area contributed by atoms with E-state index in [1.165, 1.54) is 6.92 Å². The molecule has 4 heteroatoms. The fraction of sp³-hybridized carbons (Fsp3) is 0.0455. The number of carbonyl (C=O) groups is 1. The Balaban J connectivity index is 2.19. The van der Waals surface area contributed by atoms with Gasteiger partial charge in [0, 0.05) is 23.7 Å². The fourth-order valence-electron chi connectivity index (χ4n) is 3.43. The minimum absolute atomic E-state index is 0.0515. The van der Waals surface area contributed by atoms with Crippen molar-refractivity contribution in [3.05, 3.63) is 72.8 Å². The number of amides is 1. The molecule has 0 aliphatic heterocycles. The Morgan fingerprint density at radius 3 is 1.96 bits per heavy atom. The Labute approximate surface area is 152 Å². The molecular formula is C22H16NO2P. The summed E-state index contributed by atoms with van der Waals surface area (Å²) in [4.78, 5) is 11.8. The summed E-state index contributed by atoms with van der Waals surface area (Å²) in [6, 6.07) is 23.8. The summed E-state index contributed by atoms with van der Waals surface area (Å²) in [5.41, 5.74) is 2.51. The topological polar surface area (TPSA) is 46.2 Å². The molecule has 0 saturated carbocycles. The first-order chi connectivity index (χ1) is 12.7. The molecule has 0 unspecified atom stereocenters. The average Bonchev–Trinajstić information content (AvgIpc) is 2.67. The van der Waals surface area contributed by atoms with Crippen molar-refractivity contribution in [1.82, 2.24) is 0 Å². The van der Waals surface area contributed by atoms with Crippen molar-refractivity contribution in [3.8, 4) is 11.1 Å². The van der Waals surface area contributed by atoms with Gasteiger partial charge in [-0.2, -0.15) is 0 Å². The maximum absolute atomic E-state index is 11.9. The van der Waals surface area contributed by atoms with Crippen molar-refractivity contribution in [1.29, 1.82) is 0 Å².